The van der Waals surface area contributed by atoms with E-state index >= 15 is 0 Å². The zero-order valence-corrected chi connectivity index (χ0v) is 15.7. The molecule has 0 heterocycles. The monoisotopic (exact) mass is 389 g/mol. The number of hydrogen-bond acceptors (Lipinski definition) is 5. The Morgan fingerprint density at radius 3 is 2.52 bits per heavy atom. The second kappa shape index (κ2) is 9.27. The Hall–Kier alpha value is -4.00. The zero-order valence-electron chi connectivity index (χ0n) is 15.7. The third-order valence-corrected chi connectivity index (χ3v) is 4.15. The lowest BCUT2D eigenvalue weighted by Gasteiger charge is -2.11. The molecule has 0 unspecified atom stereocenters. The van der Waals surface area contributed by atoms with Crippen molar-refractivity contribution >= 4 is 17.3 Å². The van der Waals surface area contributed by atoms with Gasteiger partial charge in [0.05, 0.1) is 10.6 Å². The molecule has 0 fully saturated rings. The quantitative estimate of drug-likeness (QED) is 0.373. The lowest BCUT2D eigenvalue weighted by molar-refractivity contribution is -0.384. The minimum Gasteiger partial charge on any atom is -0.483 e. The number of ether oxygens (including phenoxy) is 1. The van der Waals surface area contributed by atoms with Crippen molar-refractivity contribution in [1.29, 1.82) is 0 Å². The van der Waals surface area contributed by atoms with Gasteiger partial charge in [-0.25, -0.2) is 5.43 Å². The molecule has 1 N–H and O–H groups in total. The number of nitro groups is 1. The smallest absolute Gasteiger partial charge is 0.277 e. The Balaban J connectivity index is 1.63. The van der Waals surface area contributed by atoms with E-state index in [0.29, 0.717) is 17.0 Å². The number of nitrogens with one attached hydrogen (secondary N) is 1. The third-order valence-electron chi connectivity index (χ3n) is 4.15. The summed E-state index contributed by atoms with van der Waals surface area (Å²) in [7, 11) is 0. The van der Waals surface area contributed by atoms with Crippen LogP contribution in [-0.2, 0) is 4.79 Å². The fourth-order valence-electron chi connectivity index (χ4n) is 2.68. The van der Waals surface area contributed by atoms with Crippen molar-refractivity contribution in [2.45, 2.75) is 6.92 Å². The number of hydrogen-bond donors (Lipinski definition) is 1. The van der Waals surface area contributed by atoms with Gasteiger partial charge in [0.15, 0.2) is 6.61 Å². The predicted molar refractivity (Wildman–Crippen MR) is 111 cm³/mol. The van der Waals surface area contributed by atoms with Gasteiger partial charge in [-0.3, -0.25) is 14.9 Å². The van der Waals surface area contributed by atoms with Gasteiger partial charge in [-0.2, -0.15) is 5.10 Å². The van der Waals surface area contributed by atoms with E-state index < -0.39 is 10.8 Å². The molecule has 3 rings (SSSR count). The van der Waals surface area contributed by atoms with E-state index in [4.69, 9.17) is 4.74 Å². The fraction of sp³-hybridized carbons (Fsp3) is 0.0909. The Morgan fingerprint density at radius 2 is 1.76 bits per heavy atom. The van der Waals surface area contributed by atoms with Crippen molar-refractivity contribution in [2.75, 3.05) is 6.61 Å². The summed E-state index contributed by atoms with van der Waals surface area (Å²) in [6, 6.07) is 23.3. The molecule has 0 atom stereocenters. The second-order valence-corrected chi connectivity index (χ2v) is 6.19. The molecule has 7 nitrogen and oxygen atoms in total. The molecule has 0 saturated heterocycles. The van der Waals surface area contributed by atoms with Crippen LogP contribution < -0.4 is 10.2 Å². The average Bonchev–Trinajstić information content (AvgIpc) is 2.77. The molecule has 0 saturated carbocycles. The standard InChI is InChI=1S/C22H19N3O4/c1-16(18-10-7-11-19(14-18)25(27)28)23-24-22(26)15-29-21-13-6-5-12-20(21)17-8-3-2-4-9-17/h2-14H,15H2,1H3,(H,24,26). The van der Waals surface area contributed by atoms with Crippen molar-refractivity contribution < 1.29 is 14.5 Å². The summed E-state index contributed by atoms with van der Waals surface area (Å²) < 4.78 is 5.67. The summed E-state index contributed by atoms with van der Waals surface area (Å²) in [6.07, 6.45) is 0. The molecule has 7 heteroatoms. The Labute approximate surface area is 167 Å². The number of benzene rings is 3. The molecule has 1 amide bonds. The van der Waals surface area contributed by atoms with E-state index in [1.807, 2.05) is 48.5 Å². The SMILES string of the molecule is CC(=NNC(=O)COc1ccccc1-c1ccccc1)c1cccc([N+](=O)[O-])c1. The molecule has 0 aromatic heterocycles. The molecule has 146 valence electrons. The maximum atomic E-state index is 12.1. The summed E-state index contributed by atoms with van der Waals surface area (Å²) >= 11 is 0. The number of nitro benzene ring substituents is 1. The molecule has 29 heavy (non-hydrogen) atoms. The Morgan fingerprint density at radius 1 is 1.03 bits per heavy atom. The normalized spacial score (nSPS) is 11.0. The largest absolute Gasteiger partial charge is 0.483 e. The van der Waals surface area contributed by atoms with E-state index in [1.54, 1.807) is 25.1 Å². The fourth-order valence-corrected chi connectivity index (χ4v) is 2.68. The Bertz CT molecular complexity index is 1050. The van der Waals surface area contributed by atoms with Gasteiger partial charge < -0.3 is 4.74 Å². The lowest BCUT2D eigenvalue weighted by Crippen LogP contribution is -2.25. The van der Waals surface area contributed by atoms with Crippen LogP contribution in [0.5, 0.6) is 5.75 Å². The minimum atomic E-state index is -0.479. The van der Waals surface area contributed by atoms with Gasteiger partial charge in [0.1, 0.15) is 5.75 Å². The number of amides is 1. The minimum absolute atomic E-state index is 0.0378. The summed E-state index contributed by atoms with van der Waals surface area (Å²) in [5, 5.41) is 14.9. The van der Waals surface area contributed by atoms with E-state index in [9.17, 15) is 14.9 Å². The summed E-state index contributed by atoms with van der Waals surface area (Å²) in [4.78, 5) is 22.5. The van der Waals surface area contributed by atoms with Crippen molar-refractivity contribution in [2.24, 2.45) is 5.10 Å². The maximum Gasteiger partial charge on any atom is 0.277 e. The first-order valence-electron chi connectivity index (χ1n) is 8.90. The van der Waals surface area contributed by atoms with Crippen LogP contribution in [0.25, 0.3) is 11.1 Å². The summed E-state index contributed by atoms with van der Waals surface area (Å²) in [5.41, 5.74) is 5.25. The van der Waals surface area contributed by atoms with Crippen LogP contribution in [0.2, 0.25) is 0 Å². The van der Waals surface area contributed by atoms with Gasteiger partial charge in [-0.15, -0.1) is 0 Å². The number of nitrogens with zero attached hydrogens (tertiary/aromatic N) is 2. The highest BCUT2D eigenvalue weighted by Gasteiger charge is 2.10. The molecule has 3 aromatic carbocycles. The lowest BCUT2D eigenvalue weighted by atomic mass is 10.1. The molecular formula is C22H19N3O4. The van der Waals surface area contributed by atoms with Gasteiger partial charge in [-0.05, 0) is 18.6 Å². The molecule has 0 aliphatic carbocycles. The van der Waals surface area contributed by atoms with Crippen LogP contribution in [-0.4, -0.2) is 23.1 Å². The zero-order chi connectivity index (χ0) is 20.6. The van der Waals surface area contributed by atoms with Crippen LogP contribution in [0.1, 0.15) is 12.5 Å². The molecule has 0 aliphatic rings. The van der Waals surface area contributed by atoms with Crippen molar-refractivity contribution in [3.63, 3.8) is 0 Å². The van der Waals surface area contributed by atoms with E-state index in [-0.39, 0.29) is 12.3 Å². The molecule has 3 aromatic rings. The number of rotatable bonds is 7. The molecule has 0 radical (unpaired) electrons. The predicted octanol–water partition coefficient (Wildman–Crippen LogP) is 4.18. The van der Waals surface area contributed by atoms with E-state index in [2.05, 4.69) is 10.5 Å². The molecule has 0 spiro atoms. The van der Waals surface area contributed by atoms with Gasteiger partial charge in [0.2, 0.25) is 0 Å². The number of hydrazone groups is 1. The van der Waals surface area contributed by atoms with Crippen molar-refractivity contribution in [1.82, 2.24) is 5.43 Å². The van der Waals surface area contributed by atoms with E-state index in [0.717, 1.165) is 11.1 Å². The number of carbonyl (C=O) groups is 1. The van der Waals surface area contributed by atoms with Crippen LogP contribution in [0.15, 0.2) is 84.0 Å². The highest BCUT2D eigenvalue weighted by molar-refractivity contribution is 5.99. The molecule has 0 bridgehead atoms. The van der Waals surface area contributed by atoms with Gasteiger partial charge in [0, 0.05) is 23.3 Å². The number of carbonyl (C=O) groups excluding carboxylic acids is 1. The molecular weight excluding hydrogens is 370 g/mol. The van der Waals surface area contributed by atoms with Crippen LogP contribution in [0.4, 0.5) is 5.69 Å². The number of non-ortho nitro benzene ring substituents is 1. The van der Waals surface area contributed by atoms with Crippen LogP contribution in [0, 0.1) is 10.1 Å². The summed E-state index contributed by atoms with van der Waals surface area (Å²) in [6.45, 7) is 1.44. The first-order chi connectivity index (χ1) is 14.0. The average molecular weight is 389 g/mol. The van der Waals surface area contributed by atoms with E-state index in [1.165, 1.54) is 12.1 Å². The molecule has 0 aliphatic heterocycles. The van der Waals surface area contributed by atoms with Crippen LogP contribution >= 0.6 is 0 Å². The highest BCUT2D eigenvalue weighted by Crippen LogP contribution is 2.29. The Kier molecular flexibility index (Phi) is 6.32. The summed E-state index contributed by atoms with van der Waals surface area (Å²) in [5.74, 6) is 0.158. The van der Waals surface area contributed by atoms with Crippen LogP contribution in [0.3, 0.4) is 0 Å². The third kappa shape index (κ3) is 5.26. The first kappa shape index (κ1) is 19.8. The second-order valence-electron chi connectivity index (χ2n) is 6.19. The maximum absolute atomic E-state index is 12.1. The van der Waals surface area contributed by atoms with Gasteiger partial charge in [0.25, 0.3) is 11.6 Å². The number of para-hydroxylation sites is 1. The highest BCUT2D eigenvalue weighted by atomic mass is 16.6. The first-order valence-corrected chi connectivity index (χ1v) is 8.90. The van der Waals surface area contributed by atoms with Crippen molar-refractivity contribution in [3.8, 4) is 16.9 Å². The van der Waals surface area contributed by atoms with Crippen molar-refractivity contribution in [3.05, 3.63) is 94.5 Å². The van der Waals surface area contributed by atoms with Gasteiger partial charge in [-0.1, -0.05) is 60.7 Å². The topological polar surface area (TPSA) is 93.8 Å². The van der Waals surface area contributed by atoms with Gasteiger partial charge >= 0.3 is 0 Å².